The van der Waals surface area contributed by atoms with Crippen LogP contribution < -0.4 is 0 Å². The average Bonchev–Trinajstić information content (AvgIpc) is 2.87. The molecule has 0 radical (unpaired) electrons. The van der Waals surface area contributed by atoms with Crippen LogP contribution in [0.5, 0.6) is 0 Å². The van der Waals surface area contributed by atoms with Crippen LogP contribution in [0.15, 0.2) is 0 Å². The van der Waals surface area contributed by atoms with Gasteiger partial charge in [0, 0.05) is 83.8 Å². The molecule has 5 fully saturated rings. The Morgan fingerprint density at radius 2 is 0.875 bits per heavy atom. The van der Waals surface area contributed by atoms with Crippen LogP contribution in [-0.4, -0.2) is 99.5 Å². The van der Waals surface area contributed by atoms with Crippen molar-refractivity contribution in [3.63, 3.8) is 0 Å². The van der Waals surface area contributed by atoms with E-state index < -0.39 is 0 Å². The lowest BCUT2D eigenvalue weighted by atomic mass is 9.63. The van der Waals surface area contributed by atoms with E-state index in [1.165, 1.54) is 104 Å². The molecule has 0 aromatic heterocycles. The topological polar surface area (TPSA) is 28.2 Å². The van der Waals surface area contributed by atoms with Gasteiger partial charge in [0.2, 0.25) is 0 Å². The number of ether oxygens (including phenoxy) is 2. The molecule has 5 nitrogen and oxygen atoms in total. The lowest BCUT2D eigenvalue weighted by molar-refractivity contribution is -0.129. The minimum atomic E-state index is 0.343. The fourth-order valence-corrected chi connectivity index (χ4v) is 8.37. The van der Waals surface area contributed by atoms with Gasteiger partial charge in [-0.15, -0.1) is 11.8 Å². The Labute approximate surface area is 351 Å². The summed E-state index contributed by atoms with van der Waals surface area (Å²) in [7, 11) is 0. The Balaban J connectivity index is 0.000000263. The molecule has 0 aromatic rings. The third-order valence-corrected chi connectivity index (χ3v) is 11.2. The van der Waals surface area contributed by atoms with Gasteiger partial charge < -0.3 is 24.2 Å². The second-order valence-corrected chi connectivity index (χ2v) is 26.5. The highest BCUT2D eigenvalue weighted by atomic mass is 16.5. The Bertz CT molecular complexity index is 1110. The molecule has 2 saturated carbocycles. The summed E-state index contributed by atoms with van der Waals surface area (Å²) >= 11 is 0. The van der Waals surface area contributed by atoms with Crippen molar-refractivity contribution in [2.24, 2.45) is 43.3 Å². The summed E-state index contributed by atoms with van der Waals surface area (Å²) in [4.78, 5) is 7.89. The van der Waals surface area contributed by atoms with Crippen molar-refractivity contribution in [2.45, 2.75) is 195 Å². The molecule has 0 bridgehead atoms. The van der Waals surface area contributed by atoms with Gasteiger partial charge in [-0.05, 0) is 82.9 Å². The summed E-state index contributed by atoms with van der Waals surface area (Å²) in [5, 5.41) is 0. The van der Waals surface area contributed by atoms with Gasteiger partial charge in [-0.1, -0.05) is 131 Å². The zero-order chi connectivity index (χ0) is 42.7. The first kappa shape index (κ1) is 51.5. The molecule has 2 spiro atoms. The van der Waals surface area contributed by atoms with Gasteiger partial charge in [0.1, 0.15) is 0 Å². The Morgan fingerprint density at radius 1 is 0.464 bits per heavy atom. The summed E-state index contributed by atoms with van der Waals surface area (Å²) in [5.41, 5.74) is 4.01. The van der Waals surface area contributed by atoms with Gasteiger partial charge in [-0.25, -0.2) is 0 Å². The smallest absolute Gasteiger partial charge is 0.0575 e. The van der Waals surface area contributed by atoms with Crippen molar-refractivity contribution in [3.8, 4) is 11.8 Å². The van der Waals surface area contributed by atoms with Crippen molar-refractivity contribution in [1.82, 2.24) is 14.7 Å². The molecule has 3 heterocycles. The molecule has 0 aromatic carbocycles. The number of likely N-dealkylation sites (tertiary alicyclic amines) is 3. The highest BCUT2D eigenvalue weighted by Crippen LogP contribution is 2.48. The van der Waals surface area contributed by atoms with Crippen LogP contribution in [0.2, 0.25) is 0 Å². The second kappa shape index (κ2) is 21.2. The molecule has 0 unspecified atom stereocenters. The van der Waals surface area contributed by atoms with Crippen molar-refractivity contribution in [3.05, 3.63) is 0 Å². The average molecular weight is 786 g/mol. The van der Waals surface area contributed by atoms with E-state index in [0.717, 1.165) is 44.5 Å². The van der Waals surface area contributed by atoms with Crippen LogP contribution >= 0.6 is 0 Å². The van der Waals surface area contributed by atoms with Gasteiger partial charge >= 0.3 is 0 Å². The number of rotatable bonds is 10. The molecule has 2 aliphatic carbocycles. The van der Waals surface area contributed by atoms with Crippen LogP contribution in [0, 0.1) is 55.2 Å². The Kier molecular flexibility index (Phi) is 19.5. The monoisotopic (exact) mass is 786 g/mol. The predicted molar refractivity (Wildman–Crippen MR) is 245 cm³/mol. The molecule has 0 atom stereocenters. The zero-order valence-electron chi connectivity index (χ0n) is 41.3. The van der Waals surface area contributed by atoms with Gasteiger partial charge in [0.05, 0.1) is 19.3 Å². The van der Waals surface area contributed by atoms with Crippen LogP contribution in [0.4, 0.5) is 0 Å². The maximum atomic E-state index is 5.64. The third-order valence-electron chi connectivity index (χ3n) is 11.2. The van der Waals surface area contributed by atoms with E-state index >= 15 is 0 Å². The standard InChI is InChI=1S/C16H30O.C15H30N2.C11H21N.C9H18O/c1-15(2,3)11-9-7-8-10-13-17-14-12-16(4,5)6;1-13(2,3)7-16-9-15(10-16)11-17(12-15)8-14(4,5)6;1-10(2,3)7-12-8-11(9-12)5-4-6-11;1-9(2,3)7-10-8-5-4-6-8/h9-14H2,1-6H3;7-12H2,1-6H3;4-9H2,1-3H3;8H,4-7H2,1-3H3. The quantitative estimate of drug-likeness (QED) is 0.162. The first-order valence-corrected chi connectivity index (χ1v) is 23.2. The molecular weight excluding hydrogens is 687 g/mol. The van der Waals surface area contributed by atoms with Crippen molar-refractivity contribution < 1.29 is 9.47 Å². The molecule has 3 saturated heterocycles. The Hall–Kier alpha value is -0.640. The highest BCUT2D eigenvalue weighted by Gasteiger charge is 2.52. The maximum absolute atomic E-state index is 5.64. The van der Waals surface area contributed by atoms with Crippen molar-refractivity contribution >= 4 is 0 Å². The van der Waals surface area contributed by atoms with Gasteiger partial charge in [-0.2, -0.15) is 0 Å². The maximum Gasteiger partial charge on any atom is 0.0575 e. The lowest BCUT2D eigenvalue weighted by Crippen LogP contribution is -2.73. The first-order valence-electron chi connectivity index (χ1n) is 23.2. The SMILES string of the molecule is CC(C)(C)CCC#CCCOCCC(C)(C)C.CC(C)(C)CN1CC2(C1)CN(CC(C)(C)C)C2.CC(C)(C)CN1CC2(CCC2)C1.CC(C)(C)COC1CCC1. The van der Waals surface area contributed by atoms with Crippen LogP contribution in [-0.2, 0) is 9.47 Å². The molecule has 5 heteroatoms. The van der Waals surface area contributed by atoms with E-state index in [-0.39, 0.29) is 0 Å². The zero-order valence-corrected chi connectivity index (χ0v) is 41.3. The molecular formula is C51H99N3O2. The third kappa shape index (κ3) is 23.8. The molecule has 3 aliphatic heterocycles. The van der Waals surface area contributed by atoms with E-state index in [4.69, 9.17) is 9.47 Å². The van der Waals surface area contributed by atoms with Crippen LogP contribution in [0.1, 0.15) is 189 Å². The number of hydrogen-bond acceptors (Lipinski definition) is 5. The summed E-state index contributed by atoms with van der Waals surface area (Å²) in [6.07, 6.45) is 13.2. The fraction of sp³-hybridized carbons (Fsp3) is 0.961. The molecule has 5 rings (SSSR count). The Morgan fingerprint density at radius 3 is 1.20 bits per heavy atom. The minimum Gasteiger partial charge on any atom is -0.380 e. The van der Waals surface area contributed by atoms with E-state index in [2.05, 4.69) is 151 Å². The molecule has 330 valence electrons. The summed E-state index contributed by atoms with van der Waals surface area (Å²) in [6.45, 7) is 55.6. The van der Waals surface area contributed by atoms with E-state index in [1.54, 1.807) is 0 Å². The van der Waals surface area contributed by atoms with E-state index in [0.29, 0.717) is 44.0 Å². The van der Waals surface area contributed by atoms with Crippen molar-refractivity contribution in [2.75, 3.05) is 78.7 Å². The van der Waals surface area contributed by atoms with Gasteiger partial charge in [0.15, 0.2) is 0 Å². The minimum absolute atomic E-state index is 0.343. The second-order valence-electron chi connectivity index (χ2n) is 26.5. The van der Waals surface area contributed by atoms with E-state index in [9.17, 15) is 0 Å². The summed E-state index contributed by atoms with van der Waals surface area (Å²) < 4.78 is 11.2. The fourth-order valence-electron chi connectivity index (χ4n) is 8.37. The molecule has 56 heavy (non-hydrogen) atoms. The summed E-state index contributed by atoms with van der Waals surface area (Å²) in [5.74, 6) is 6.40. The molecule has 0 amide bonds. The lowest BCUT2D eigenvalue weighted by Gasteiger charge is -2.62. The highest BCUT2D eigenvalue weighted by molar-refractivity contribution is 5.06. The molecule has 0 N–H and O–H groups in total. The van der Waals surface area contributed by atoms with Gasteiger partial charge in [0.25, 0.3) is 0 Å². The number of nitrogens with zero attached hydrogens (tertiary/aromatic N) is 3. The van der Waals surface area contributed by atoms with Crippen LogP contribution in [0.25, 0.3) is 0 Å². The van der Waals surface area contributed by atoms with Crippen molar-refractivity contribution in [1.29, 1.82) is 0 Å². The first-order chi connectivity index (χ1) is 25.3. The predicted octanol–water partition coefficient (Wildman–Crippen LogP) is 12.5. The summed E-state index contributed by atoms with van der Waals surface area (Å²) in [6, 6.07) is 0. The molecule has 5 aliphatic rings. The largest absolute Gasteiger partial charge is 0.380 e. The number of hydrogen-bond donors (Lipinski definition) is 0. The van der Waals surface area contributed by atoms with E-state index in [1.807, 2.05) is 0 Å². The normalized spacial score (nSPS) is 21.2. The van der Waals surface area contributed by atoms with Gasteiger partial charge in [-0.3, -0.25) is 0 Å². The van der Waals surface area contributed by atoms with Crippen LogP contribution in [0.3, 0.4) is 0 Å².